The number of carbonyl (C=O) groups is 1. The van der Waals surface area contributed by atoms with Gasteiger partial charge in [-0.05, 0) is 24.0 Å². The zero-order chi connectivity index (χ0) is 14.6. The first-order chi connectivity index (χ1) is 8.71. The second-order valence-corrected chi connectivity index (χ2v) is 5.62. The van der Waals surface area contributed by atoms with E-state index in [4.69, 9.17) is 9.47 Å². The predicted molar refractivity (Wildman–Crippen MR) is 76.1 cm³/mol. The van der Waals surface area contributed by atoms with Crippen LogP contribution in [0.25, 0.3) is 0 Å². The minimum atomic E-state index is -0.646. The molecule has 19 heavy (non-hydrogen) atoms. The van der Waals surface area contributed by atoms with E-state index in [0.717, 1.165) is 11.3 Å². The summed E-state index contributed by atoms with van der Waals surface area (Å²) >= 11 is 0. The second kappa shape index (κ2) is 5.91. The normalized spacial score (nSPS) is 12.7. The zero-order valence-electron chi connectivity index (χ0n) is 12.3. The fourth-order valence-electron chi connectivity index (χ4n) is 1.64. The topological polar surface area (TPSA) is 35.5 Å². The lowest BCUT2D eigenvalue weighted by molar-refractivity contribution is -0.156. The van der Waals surface area contributed by atoms with Crippen LogP contribution in [0, 0.1) is 0 Å². The average Bonchev–Trinajstić information content (AvgIpc) is 2.27. The fourth-order valence-corrected chi connectivity index (χ4v) is 1.64. The third-order valence-corrected chi connectivity index (χ3v) is 2.61. The van der Waals surface area contributed by atoms with E-state index in [9.17, 15) is 4.79 Å². The van der Waals surface area contributed by atoms with Gasteiger partial charge >= 0.3 is 5.97 Å². The Balaban J connectivity index is 2.83. The van der Waals surface area contributed by atoms with Crippen LogP contribution >= 0.6 is 0 Å². The molecule has 0 spiro atoms. The van der Waals surface area contributed by atoms with Gasteiger partial charge < -0.3 is 9.47 Å². The summed E-state index contributed by atoms with van der Waals surface area (Å²) in [6.07, 6.45) is -0.646. The van der Waals surface area contributed by atoms with Crippen LogP contribution in [-0.4, -0.2) is 12.3 Å². The Labute approximate surface area is 115 Å². The molecule has 1 unspecified atom stereocenters. The Kier molecular flexibility index (Phi) is 4.76. The molecule has 0 heterocycles. The Morgan fingerprint density at radius 2 is 1.84 bits per heavy atom. The number of benzene rings is 1. The van der Waals surface area contributed by atoms with Gasteiger partial charge in [-0.1, -0.05) is 45.5 Å². The smallest absolute Gasteiger partial charge is 0.336 e. The van der Waals surface area contributed by atoms with Crippen molar-refractivity contribution in [1.82, 2.24) is 0 Å². The maximum absolute atomic E-state index is 11.4. The molecule has 0 saturated carbocycles. The molecule has 0 radical (unpaired) electrons. The Bertz CT molecular complexity index is 469. The van der Waals surface area contributed by atoms with Gasteiger partial charge in [-0.15, -0.1) is 0 Å². The highest BCUT2D eigenvalue weighted by Crippen LogP contribution is 2.31. The number of esters is 1. The van der Waals surface area contributed by atoms with Crippen LogP contribution in [0.5, 0.6) is 5.75 Å². The molecule has 0 N–H and O–H groups in total. The fraction of sp³-hybridized carbons (Fsp3) is 0.438. The Morgan fingerprint density at radius 3 is 2.37 bits per heavy atom. The third kappa shape index (κ3) is 4.43. The van der Waals surface area contributed by atoms with Crippen molar-refractivity contribution in [3.63, 3.8) is 0 Å². The van der Waals surface area contributed by atoms with E-state index in [1.165, 1.54) is 0 Å². The van der Waals surface area contributed by atoms with E-state index in [1.807, 2.05) is 24.3 Å². The van der Waals surface area contributed by atoms with Crippen molar-refractivity contribution in [1.29, 1.82) is 0 Å². The van der Waals surface area contributed by atoms with Gasteiger partial charge in [0, 0.05) is 12.5 Å². The summed E-state index contributed by atoms with van der Waals surface area (Å²) < 4.78 is 10.8. The lowest BCUT2D eigenvalue weighted by atomic mass is 9.86. The van der Waals surface area contributed by atoms with Crippen LogP contribution in [0.1, 0.15) is 40.2 Å². The monoisotopic (exact) mass is 262 g/mol. The van der Waals surface area contributed by atoms with Crippen molar-refractivity contribution < 1.29 is 14.3 Å². The molecule has 0 aliphatic rings. The maximum atomic E-state index is 11.4. The molecular formula is C16H22O3. The first-order valence-electron chi connectivity index (χ1n) is 6.34. The summed E-state index contributed by atoms with van der Waals surface area (Å²) in [7, 11) is 0. The minimum Gasteiger partial charge on any atom is -0.455 e. The molecule has 0 amide bonds. The number of hydrogen-bond donors (Lipinski definition) is 0. The summed E-state index contributed by atoms with van der Waals surface area (Å²) in [6.45, 7) is 13.2. The summed E-state index contributed by atoms with van der Waals surface area (Å²) in [5.74, 6) is 0.290. The highest BCUT2D eigenvalue weighted by atomic mass is 16.7. The van der Waals surface area contributed by atoms with E-state index >= 15 is 0 Å². The first kappa shape index (κ1) is 15.3. The van der Waals surface area contributed by atoms with Gasteiger partial charge in [-0.3, -0.25) is 0 Å². The van der Waals surface area contributed by atoms with Crippen LogP contribution in [0.4, 0.5) is 0 Å². The Hall–Kier alpha value is -1.77. The van der Waals surface area contributed by atoms with Gasteiger partial charge in [-0.25, -0.2) is 4.79 Å². The first-order valence-corrected chi connectivity index (χ1v) is 6.34. The molecule has 0 aliphatic carbocycles. The van der Waals surface area contributed by atoms with Gasteiger partial charge in [0.1, 0.15) is 5.75 Å². The molecule has 3 heteroatoms. The van der Waals surface area contributed by atoms with Gasteiger partial charge in [0.25, 0.3) is 0 Å². The van der Waals surface area contributed by atoms with E-state index in [0.29, 0.717) is 5.57 Å². The van der Waals surface area contributed by atoms with Crippen molar-refractivity contribution in [2.45, 2.75) is 46.3 Å². The molecule has 1 rings (SSSR count). The molecule has 1 atom stereocenters. The SMILES string of the molecule is C=C(C)C(=O)OC(C)Oc1ccccc1C(C)(C)C. The number of carbonyl (C=O) groups excluding carboxylic acids is 1. The minimum absolute atomic E-state index is 0.0331. The van der Waals surface area contributed by atoms with Crippen LogP contribution in [0.2, 0.25) is 0 Å². The van der Waals surface area contributed by atoms with Crippen molar-refractivity contribution in [2.24, 2.45) is 0 Å². The largest absolute Gasteiger partial charge is 0.455 e. The molecule has 0 aromatic heterocycles. The van der Waals surface area contributed by atoms with E-state index in [2.05, 4.69) is 27.4 Å². The maximum Gasteiger partial charge on any atom is 0.336 e. The lowest BCUT2D eigenvalue weighted by Crippen LogP contribution is -2.23. The van der Waals surface area contributed by atoms with Crippen LogP contribution < -0.4 is 4.74 Å². The van der Waals surface area contributed by atoms with Crippen LogP contribution in [0.15, 0.2) is 36.4 Å². The quantitative estimate of drug-likeness (QED) is 0.470. The molecule has 1 aromatic rings. The number of hydrogen-bond acceptors (Lipinski definition) is 3. The number of para-hydroxylation sites is 1. The molecule has 0 bridgehead atoms. The van der Waals surface area contributed by atoms with Crippen LogP contribution in [-0.2, 0) is 14.9 Å². The summed E-state index contributed by atoms with van der Waals surface area (Å²) in [4.78, 5) is 11.4. The highest BCUT2D eigenvalue weighted by molar-refractivity contribution is 5.87. The molecule has 3 nitrogen and oxygen atoms in total. The standard InChI is InChI=1S/C16H22O3/c1-11(2)15(17)19-12(3)18-14-10-8-7-9-13(14)16(4,5)6/h7-10,12H,1H2,2-6H3. The molecule has 1 aromatic carbocycles. The summed E-state index contributed by atoms with van der Waals surface area (Å²) in [5.41, 5.74) is 1.40. The molecule has 104 valence electrons. The average molecular weight is 262 g/mol. The van der Waals surface area contributed by atoms with Crippen LogP contribution in [0.3, 0.4) is 0 Å². The second-order valence-electron chi connectivity index (χ2n) is 5.62. The summed E-state index contributed by atoms with van der Waals surface area (Å²) in [6, 6.07) is 7.77. The molecule has 0 aliphatic heterocycles. The van der Waals surface area contributed by atoms with Crippen molar-refractivity contribution in [3.05, 3.63) is 42.0 Å². The zero-order valence-corrected chi connectivity index (χ0v) is 12.3. The molecule has 0 fully saturated rings. The van der Waals surface area contributed by atoms with Crippen molar-refractivity contribution in [3.8, 4) is 5.75 Å². The highest BCUT2D eigenvalue weighted by Gasteiger charge is 2.20. The summed E-state index contributed by atoms with van der Waals surface area (Å²) in [5, 5.41) is 0. The van der Waals surface area contributed by atoms with Gasteiger partial charge in [0.05, 0.1) is 0 Å². The Morgan fingerprint density at radius 1 is 1.26 bits per heavy atom. The van der Waals surface area contributed by atoms with Gasteiger partial charge in [0.15, 0.2) is 0 Å². The van der Waals surface area contributed by atoms with E-state index in [-0.39, 0.29) is 5.41 Å². The number of ether oxygens (including phenoxy) is 2. The third-order valence-electron chi connectivity index (χ3n) is 2.61. The van der Waals surface area contributed by atoms with Gasteiger partial charge in [-0.2, -0.15) is 0 Å². The molecular weight excluding hydrogens is 240 g/mol. The van der Waals surface area contributed by atoms with Crippen molar-refractivity contribution in [2.75, 3.05) is 0 Å². The van der Waals surface area contributed by atoms with Gasteiger partial charge in [0.2, 0.25) is 6.29 Å². The predicted octanol–water partition coefficient (Wildman–Crippen LogP) is 3.83. The lowest BCUT2D eigenvalue weighted by Gasteiger charge is -2.24. The van der Waals surface area contributed by atoms with E-state index < -0.39 is 12.3 Å². The van der Waals surface area contributed by atoms with E-state index in [1.54, 1.807) is 13.8 Å². The molecule has 0 saturated heterocycles. The number of rotatable bonds is 4. The van der Waals surface area contributed by atoms with Crippen molar-refractivity contribution >= 4 is 5.97 Å².